The van der Waals surface area contributed by atoms with Crippen molar-refractivity contribution in [3.8, 4) is 17.0 Å². The summed E-state index contributed by atoms with van der Waals surface area (Å²) in [4.78, 5) is 12.9. The van der Waals surface area contributed by atoms with Gasteiger partial charge >= 0.3 is 6.61 Å². The number of nitrogens with one attached hydrogen (secondary N) is 2. The zero-order valence-corrected chi connectivity index (χ0v) is 14.8. The van der Waals surface area contributed by atoms with E-state index in [-0.39, 0.29) is 12.4 Å². The number of aliphatic hydroxyl groups is 1. The lowest BCUT2D eigenvalue weighted by Crippen LogP contribution is -2.08. The first-order valence-corrected chi connectivity index (χ1v) is 8.60. The Morgan fingerprint density at radius 1 is 1.04 bits per heavy atom. The summed E-state index contributed by atoms with van der Waals surface area (Å²) in [5.74, 6) is 1.01. The molecule has 3 rings (SSSR count). The fourth-order valence-electron chi connectivity index (χ4n) is 2.41. The lowest BCUT2D eigenvalue weighted by Gasteiger charge is -2.12. The number of ether oxygens (including phenoxy) is 1. The van der Waals surface area contributed by atoms with Crippen LogP contribution in [0.4, 0.5) is 26.2 Å². The van der Waals surface area contributed by atoms with Gasteiger partial charge in [0.25, 0.3) is 0 Å². The summed E-state index contributed by atoms with van der Waals surface area (Å²) in [7, 11) is 0. The Morgan fingerprint density at radius 3 is 2.46 bits per heavy atom. The smallest absolute Gasteiger partial charge is 0.387 e. The highest BCUT2D eigenvalue weighted by Crippen LogP contribution is 2.24. The van der Waals surface area contributed by atoms with Crippen LogP contribution < -0.4 is 15.4 Å². The number of pyridine rings is 1. The third kappa shape index (κ3) is 5.58. The molecule has 0 saturated carbocycles. The van der Waals surface area contributed by atoms with Gasteiger partial charge in [0.1, 0.15) is 11.6 Å². The number of benzene rings is 1. The zero-order valence-electron chi connectivity index (χ0n) is 14.8. The molecule has 28 heavy (non-hydrogen) atoms. The molecule has 0 aliphatic rings. The zero-order chi connectivity index (χ0) is 19.8. The number of nitrogens with zero attached hydrogens (tertiary/aromatic N) is 3. The number of halogens is 2. The SMILES string of the molecule is OCCCNc1nc(Nc2ccc(OC(F)F)cc2)cc(-c2ccncc2)n1. The molecular formula is C19H19F2N5O2. The van der Waals surface area contributed by atoms with E-state index < -0.39 is 6.61 Å². The van der Waals surface area contributed by atoms with Crippen LogP contribution in [0, 0.1) is 0 Å². The number of anilines is 3. The third-order valence-corrected chi connectivity index (χ3v) is 3.67. The minimum absolute atomic E-state index is 0.0647. The van der Waals surface area contributed by atoms with E-state index in [4.69, 9.17) is 5.11 Å². The maximum atomic E-state index is 12.3. The normalized spacial score (nSPS) is 10.7. The maximum absolute atomic E-state index is 12.3. The van der Waals surface area contributed by atoms with Crippen molar-refractivity contribution >= 4 is 17.5 Å². The summed E-state index contributed by atoms with van der Waals surface area (Å²) in [6.45, 7) is -2.28. The largest absolute Gasteiger partial charge is 0.435 e. The molecule has 9 heteroatoms. The molecule has 0 fully saturated rings. The third-order valence-electron chi connectivity index (χ3n) is 3.67. The fraction of sp³-hybridized carbons (Fsp3) is 0.211. The van der Waals surface area contributed by atoms with Crippen molar-refractivity contribution in [2.45, 2.75) is 13.0 Å². The summed E-state index contributed by atoms with van der Waals surface area (Å²) in [5, 5.41) is 15.1. The van der Waals surface area contributed by atoms with Gasteiger partial charge in [-0.15, -0.1) is 0 Å². The molecule has 0 aliphatic carbocycles. The van der Waals surface area contributed by atoms with Gasteiger partial charge in [-0.3, -0.25) is 4.98 Å². The Balaban J connectivity index is 1.83. The molecule has 2 heterocycles. The van der Waals surface area contributed by atoms with Crippen LogP contribution in [0.3, 0.4) is 0 Å². The molecule has 0 unspecified atom stereocenters. The lowest BCUT2D eigenvalue weighted by molar-refractivity contribution is -0.0498. The van der Waals surface area contributed by atoms with Gasteiger partial charge in [0.05, 0.1) is 5.69 Å². The van der Waals surface area contributed by atoms with Crippen LogP contribution in [-0.4, -0.2) is 39.8 Å². The number of rotatable bonds is 9. The van der Waals surface area contributed by atoms with Crippen LogP contribution in [0.5, 0.6) is 5.75 Å². The topological polar surface area (TPSA) is 92.2 Å². The molecule has 3 aromatic rings. The molecule has 0 saturated heterocycles. The predicted octanol–water partition coefficient (Wildman–Crippen LogP) is 3.68. The highest BCUT2D eigenvalue weighted by atomic mass is 19.3. The van der Waals surface area contributed by atoms with E-state index >= 15 is 0 Å². The number of aromatic nitrogens is 3. The summed E-state index contributed by atoms with van der Waals surface area (Å²) >= 11 is 0. The van der Waals surface area contributed by atoms with Crippen molar-refractivity contribution < 1.29 is 18.6 Å². The van der Waals surface area contributed by atoms with Crippen molar-refractivity contribution in [2.75, 3.05) is 23.8 Å². The number of alkyl halides is 2. The molecule has 0 atom stereocenters. The molecule has 3 N–H and O–H groups in total. The van der Waals surface area contributed by atoms with Crippen LogP contribution in [0.15, 0.2) is 54.9 Å². The highest BCUT2D eigenvalue weighted by molar-refractivity contribution is 5.67. The molecule has 1 aromatic carbocycles. The van der Waals surface area contributed by atoms with Crippen LogP contribution in [0.1, 0.15) is 6.42 Å². The summed E-state index contributed by atoms with van der Waals surface area (Å²) in [6.07, 6.45) is 3.91. The minimum Gasteiger partial charge on any atom is -0.435 e. The van der Waals surface area contributed by atoms with Gasteiger partial charge < -0.3 is 20.5 Å². The van der Waals surface area contributed by atoms with Crippen molar-refractivity contribution in [2.24, 2.45) is 0 Å². The van der Waals surface area contributed by atoms with Crippen LogP contribution >= 0.6 is 0 Å². The Bertz CT molecular complexity index is 879. The molecule has 146 valence electrons. The van der Waals surface area contributed by atoms with Crippen molar-refractivity contribution in [3.05, 3.63) is 54.9 Å². The maximum Gasteiger partial charge on any atom is 0.387 e. The number of hydrogen-bond donors (Lipinski definition) is 3. The van der Waals surface area contributed by atoms with Gasteiger partial charge in [0, 0.05) is 42.9 Å². The second-order valence-corrected chi connectivity index (χ2v) is 5.73. The fourth-order valence-corrected chi connectivity index (χ4v) is 2.41. The first kappa shape index (κ1) is 19.4. The van der Waals surface area contributed by atoms with Crippen molar-refractivity contribution in [3.63, 3.8) is 0 Å². The van der Waals surface area contributed by atoms with E-state index in [1.165, 1.54) is 12.1 Å². The monoisotopic (exact) mass is 387 g/mol. The summed E-state index contributed by atoms with van der Waals surface area (Å²) in [6, 6.07) is 11.6. The Kier molecular flexibility index (Phi) is 6.64. The number of aliphatic hydroxyl groups excluding tert-OH is 1. The average molecular weight is 387 g/mol. The van der Waals surface area contributed by atoms with Crippen molar-refractivity contribution in [1.82, 2.24) is 15.0 Å². The Morgan fingerprint density at radius 2 is 1.79 bits per heavy atom. The molecule has 0 bridgehead atoms. The van der Waals surface area contributed by atoms with E-state index in [9.17, 15) is 8.78 Å². The Hall–Kier alpha value is -3.33. The summed E-state index contributed by atoms with van der Waals surface area (Å²) in [5.41, 5.74) is 2.21. The quantitative estimate of drug-likeness (QED) is 0.482. The van der Waals surface area contributed by atoms with Gasteiger partial charge in [0.15, 0.2) is 0 Å². The average Bonchev–Trinajstić information content (AvgIpc) is 2.70. The lowest BCUT2D eigenvalue weighted by atomic mass is 10.2. The van der Waals surface area contributed by atoms with Gasteiger partial charge in [-0.2, -0.15) is 13.8 Å². The second kappa shape index (κ2) is 9.56. The molecule has 0 aliphatic heterocycles. The van der Waals surface area contributed by atoms with Crippen LogP contribution in [0.2, 0.25) is 0 Å². The molecule has 0 radical (unpaired) electrons. The number of hydrogen-bond acceptors (Lipinski definition) is 7. The first-order chi connectivity index (χ1) is 13.6. The van der Waals surface area contributed by atoms with E-state index in [0.717, 1.165) is 5.56 Å². The van der Waals surface area contributed by atoms with Crippen LogP contribution in [0.25, 0.3) is 11.3 Å². The van der Waals surface area contributed by atoms with E-state index in [2.05, 4.69) is 30.3 Å². The molecular weight excluding hydrogens is 368 g/mol. The standard InChI is InChI=1S/C19H19F2N5O2/c20-18(21)28-15-4-2-14(3-5-15)24-17-12-16(13-6-9-22-10-7-13)25-19(26-17)23-8-1-11-27/h2-7,9-10,12,18,27H,1,8,11H2,(H2,23,24,25,26). The van der Waals surface area contributed by atoms with E-state index in [1.807, 2.05) is 12.1 Å². The molecule has 7 nitrogen and oxygen atoms in total. The van der Waals surface area contributed by atoms with E-state index in [0.29, 0.717) is 36.1 Å². The highest BCUT2D eigenvalue weighted by Gasteiger charge is 2.08. The Labute approximate surface area is 160 Å². The summed E-state index contributed by atoms with van der Waals surface area (Å²) < 4.78 is 28.9. The van der Waals surface area contributed by atoms with Crippen LogP contribution in [-0.2, 0) is 0 Å². The molecule has 0 spiro atoms. The molecule has 2 aromatic heterocycles. The van der Waals surface area contributed by atoms with Gasteiger partial charge in [-0.05, 0) is 42.8 Å². The molecule has 0 amide bonds. The van der Waals surface area contributed by atoms with Gasteiger partial charge in [-0.1, -0.05) is 0 Å². The second-order valence-electron chi connectivity index (χ2n) is 5.73. The van der Waals surface area contributed by atoms with Crippen molar-refractivity contribution in [1.29, 1.82) is 0 Å². The van der Waals surface area contributed by atoms with E-state index in [1.54, 1.807) is 30.6 Å². The van der Waals surface area contributed by atoms with Gasteiger partial charge in [-0.25, -0.2) is 4.98 Å². The first-order valence-electron chi connectivity index (χ1n) is 8.60. The van der Waals surface area contributed by atoms with Gasteiger partial charge in [0.2, 0.25) is 5.95 Å². The predicted molar refractivity (Wildman–Crippen MR) is 102 cm³/mol. The minimum atomic E-state index is -2.86.